The normalized spacial score (nSPS) is 16.2. The Balaban J connectivity index is 2.51. The topological polar surface area (TPSA) is 110 Å². The van der Waals surface area contributed by atoms with E-state index in [4.69, 9.17) is 10.2 Å². The van der Waals surface area contributed by atoms with Crippen molar-refractivity contribution in [2.24, 2.45) is 0 Å². The van der Waals surface area contributed by atoms with Crippen LogP contribution in [0.25, 0.3) is 0 Å². The minimum absolute atomic E-state index is 0.0578. The van der Waals surface area contributed by atoms with Crippen molar-refractivity contribution < 1.29 is 24.6 Å². The second kappa shape index (κ2) is 6.92. The molecular formula is C10H17N3O5. The first-order valence-electron chi connectivity index (χ1n) is 5.63. The van der Waals surface area contributed by atoms with Gasteiger partial charge in [-0.1, -0.05) is 0 Å². The summed E-state index contributed by atoms with van der Waals surface area (Å²) in [6, 6.07) is 0. The fourth-order valence-corrected chi connectivity index (χ4v) is 1.72. The molecule has 0 spiro atoms. The maximum Gasteiger partial charge on any atom is 0.323 e. The molecule has 1 saturated heterocycles. The van der Waals surface area contributed by atoms with Crippen molar-refractivity contribution in [2.75, 3.05) is 45.8 Å². The fraction of sp³-hybridized carbons (Fsp3) is 0.700. The number of amides is 1. The van der Waals surface area contributed by atoms with Crippen LogP contribution in [0.1, 0.15) is 0 Å². The third-order valence-corrected chi connectivity index (χ3v) is 2.57. The predicted octanol–water partition coefficient (Wildman–Crippen LogP) is -2.11. The van der Waals surface area contributed by atoms with Crippen LogP contribution in [0.5, 0.6) is 0 Å². The lowest BCUT2D eigenvalue weighted by atomic mass is 10.3. The first-order valence-corrected chi connectivity index (χ1v) is 5.63. The van der Waals surface area contributed by atoms with E-state index >= 15 is 0 Å². The number of piperazine rings is 1. The Bertz CT molecular complexity index is 311. The SMILES string of the molecule is O=C(O)CN(CC(=O)O)C(=O)CN1CCNCC1. The molecule has 1 fully saturated rings. The molecule has 0 unspecified atom stereocenters. The Morgan fingerprint density at radius 1 is 1.06 bits per heavy atom. The number of aliphatic carboxylic acids is 2. The largest absolute Gasteiger partial charge is 0.480 e. The summed E-state index contributed by atoms with van der Waals surface area (Å²) in [5.41, 5.74) is 0. The molecule has 0 aliphatic carbocycles. The van der Waals surface area contributed by atoms with Gasteiger partial charge < -0.3 is 20.4 Å². The summed E-state index contributed by atoms with van der Waals surface area (Å²) in [7, 11) is 0. The van der Waals surface area contributed by atoms with Crippen molar-refractivity contribution >= 4 is 17.8 Å². The highest BCUT2D eigenvalue weighted by molar-refractivity contribution is 5.86. The second-order valence-electron chi connectivity index (χ2n) is 4.06. The van der Waals surface area contributed by atoms with Gasteiger partial charge >= 0.3 is 11.9 Å². The third kappa shape index (κ3) is 5.11. The van der Waals surface area contributed by atoms with Crippen molar-refractivity contribution in [1.82, 2.24) is 15.1 Å². The number of carboxylic acid groups (broad SMARTS) is 2. The Morgan fingerprint density at radius 3 is 2.00 bits per heavy atom. The van der Waals surface area contributed by atoms with Crippen LogP contribution in [0.4, 0.5) is 0 Å². The Kier molecular flexibility index (Phi) is 5.53. The zero-order valence-electron chi connectivity index (χ0n) is 9.96. The van der Waals surface area contributed by atoms with E-state index in [0.29, 0.717) is 13.1 Å². The first-order chi connectivity index (χ1) is 8.49. The van der Waals surface area contributed by atoms with Gasteiger partial charge in [0.25, 0.3) is 0 Å². The summed E-state index contributed by atoms with van der Waals surface area (Å²) in [6.45, 7) is 1.81. The average molecular weight is 259 g/mol. The highest BCUT2D eigenvalue weighted by Gasteiger charge is 2.22. The van der Waals surface area contributed by atoms with E-state index in [1.54, 1.807) is 0 Å². The van der Waals surface area contributed by atoms with E-state index in [1.807, 2.05) is 4.90 Å². The molecule has 1 heterocycles. The summed E-state index contributed by atoms with van der Waals surface area (Å²) in [5.74, 6) is -2.91. The molecule has 102 valence electrons. The Morgan fingerprint density at radius 2 is 1.56 bits per heavy atom. The number of rotatable bonds is 6. The summed E-state index contributed by atoms with van der Waals surface area (Å²) in [5, 5.41) is 20.4. The average Bonchev–Trinajstić information content (AvgIpc) is 2.28. The van der Waals surface area contributed by atoms with Gasteiger partial charge in [0.15, 0.2) is 0 Å². The summed E-state index contributed by atoms with van der Waals surface area (Å²) < 4.78 is 0. The van der Waals surface area contributed by atoms with Gasteiger partial charge in [-0.05, 0) is 0 Å². The van der Waals surface area contributed by atoms with Crippen LogP contribution in [0.3, 0.4) is 0 Å². The van der Waals surface area contributed by atoms with Crippen LogP contribution < -0.4 is 5.32 Å². The van der Waals surface area contributed by atoms with Crippen molar-refractivity contribution in [3.05, 3.63) is 0 Å². The van der Waals surface area contributed by atoms with Crippen LogP contribution in [0, 0.1) is 0 Å². The van der Waals surface area contributed by atoms with E-state index in [1.165, 1.54) is 0 Å². The van der Waals surface area contributed by atoms with Crippen LogP contribution in [-0.2, 0) is 14.4 Å². The van der Waals surface area contributed by atoms with Gasteiger partial charge in [0, 0.05) is 26.2 Å². The number of carbonyl (C=O) groups excluding carboxylic acids is 1. The quantitative estimate of drug-likeness (QED) is 0.500. The monoisotopic (exact) mass is 259 g/mol. The molecule has 0 aromatic carbocycles. The number of hydrogen-bond donors (Lipinski definition) is 3. The summed E-state index contributed by atoms with van der Waals surface area (Å²) in [4.78, 5) is 35.7. The molecule has 0 radical (unpaired) electrons. The molecule has 0 bridgehead atoms. The molecule has 1 rings (SSSR count). The maximum atomic E-state index is 11.8. The van der Waals surface area contributed by atoms with Crippen LogP contribution >= 0.6 is 0 Å². The van der Waals surface area contributed by atoms with Gasteiger partial charge in [0.05, 0.1) is 6.54 Å². The standard InChI is InChI=1S/C10H17N3O5/c14-8(5-12-3-1-11-2-4-12)13(6-9(15)16)7-10(17)18/h11H,1-7H2,(H,15,16)(H,17,18). The van der Waals surface area contributed by atoms with Crippen LogP contribution in [0.2, 0.25) is 0 Å². The van der Waals surface area contributed by atoms with Crippen molar-refractivity contribution in [3.8, 4) is 0 Å². The van der Waals surface area contributed by atoms with Gasteiger partial charge in [-0.25, -0.2) is 0 Å². The Labute approximate surface area is 104 Å². The molecule has 8 heteroatoms. The molecule has 18 heavy (non-hydrogen) atoms. The van der Waals surface area contributed by atoms with Crippen LogP contribution in [-0.4, -0.2) is 83.7 Å². The lowest BCUT2D eigenvalue weighted by molar-refractivity contribution is -0.149. The van der Waals surface area contributed by atoms with Crippen molar-refractivity contribution in [3.63, 3.8) is 0 Å². The number of carboxylic acids is 2. The minimum atomic E-state index is -1.22. The minimum Gasteiger partial charge on any atom is -0.480 e. The molecule has 1 aliphatic rings. The number of nitrogens with zero attached hydrogens (tertiary/aromatic N) is 2. The van der Waals surface area contributed by atoms with Gasteiger partial charge in [0.1, 0.15) is 13.1 Å². The number of nitrogens with one attached hydrogen (secondary N) is 1. The smallest absolute Gasteiger partial charge is 0.323 e. The molecule has 0 aromatic rings. The van der Waals surface area contributed by atoms with Crippen molar-refractivity contribution in [1.29, 1.82) is 0 Å². The van der Waals surface area contributed by atoms with E-state index in [0.717, 1.165) is 18.0 Å². The first kappa shape index (κ1) is 14.4. The van der Waals surface area contributed by atoms with Gasteiger partial charge in [-0.15, -0.1) is 0 Å². The highest BCUT2D eigenvalue weighted by atomic mass is 16.4. The lowest BCUT2D eigenvalue weighted by Gasteiger charge is -2.28. The summed E-state index contributed by atoms with van der Waals surface area (Å²) in [6.07, 6.45) is 0. The Hall–Kier alpha value is -1.67. The zero-order chi connectivity index (χ0) is 13.5. The van der Waals surface area contributed by atoms with E-state index in [9.17, 15) is 14.4 Å². The molecular weight excluding hydrogens is 242 g/mol. The van der Waals surface area contributed by atoms with Gasteiger partial charge in [-0.3, -0.25) is 19.3 Å². The zero-order valence-corrected chi connectivity index (χ0v) is 9.96. The fourth-order valence-electron chi connectivity index (χ4n) is 1.72. The van der Waals surface area contributed by atoms with Gasteiger partial charge in [0.2, 0.25) is 5.91 Å². The second-order valence-corrected chi connectivity index (χ2v) is 4.06. The molecule has 1 aliphatic heterocycles. The highest BCUT2D eigenvalue weighted by Crippen LogP contribution is 1.97. The van der Waals surface area contributed by atoms with Crippen LogP contribution in [0.15, 0.2) is 0 Å². The number of carbonyl (C=O) groups is 3. The predicted molar refractivity (Wildman–Crippen MR) is 61.2 cm³/mol. The van der Waals surface area contributed by atoms with E-state index in [2.05, 4.69) is 5.32 Å². The molecule has 0 saturated carbocycles. The molecule has 3 N–H and O–H groups in total. The molecule has 1 amide bonds. The molecule has 8 nitrogen and oxygen atoms in total. The summed E-state index contributed by atoms with van der Waals surface area (Å²) >= 11 is 0. The molecule has 0 aromatic heterocycles. The van der Waals surface area contributed by atoms with E-state index in [-0.39, 0.29) is 6.54 Å². The maximum absolute atomic E-state index is 11.8. The number of hydrogen-bond acceptors (Lipinski definition) is 5. The molecule has 0 atom stereocenters. The van der Waals surface area contributed by atoms with Crippen molar-refractivity contribution in [2.45, 2.75) is 0 Å². The van der Waals surface area contributed by atoms with E-state index < -0.39 is 30.9 Å². The van der Waals surface area contributed by atoms with Gasteiger partial charge in [-0.2, -0.15) is 0 Å². The third-order valence-electron chi connectivity index (χ3n) is 2.57. The lowest BCUT2D eigenvalue weighted by Crippen LogP contribution is -2.50.